The molecule has 6 heteroatoms. The van der Waals surface area contributed by atoms with E-state index >= 15 is 0 Å². The third kappa shape index (κ3) is 4.55. The van der Waals surface area contributed by atoms with E-state index in [1.54, 1.807) is 19.1 Å². The molecule has 1 aliphatic rings. The largest absolute Gasteiger partial charge is 0.326 e. The van der Waals surface area contributed by atoms with Gasteiger partial charge in [-0.1, -0.05) is 31.7 Å². The molecule has 5 nitrogen and oxygen atoms in total. The lowest BCUT2D eigenvalue weighted by Gasteiger charge is -2.18. The summed E-state index contributed by atoms with van der Waals surface area (Å²) in [5.74, 6) is -0.219. The van der Waals surface area contributed by atoms with Crippen LogP contribution in [0.15, 0.2) is 23.1 Å². The number of rotatable bonds is 4. The van der Waals surface area contributed by atoms with E-state index in [4.69, 9.17) is 0 Å². The van der Waals surface area contributed by atoms with Crippen LogP contribution in [0.3, 0.4) is 0 Å². The second-order valence-electron chi connectivity index (χ2n) is 5.97. The third-order valence-corrected chi connectivity index (χ3v) is 5.64. The summed E-state index contributed by atoms with van der Waals surface area (Å²) < 4.78 is 28.1. The second-order valence-corrected chi connectivity index (χ2v) is 7.65. The molecule has 0 heterocycles. The summed E-state index contributed by atoms with van der Waals surface area (Å²) in [7, 11) is -3.57. The van der Waals surface area contributed by atoms with Crippen LogP contribution in [-0.4, -0.2) is 20.4 Å². The van der Waals surface area contributed by atoms with Gasteiger partial charge in [-0.15, -0.1) is 0 Å². The molecule has 2 rings (SSSR count). The van der Waals surface area contributed by atoms with Gasteiger partial charge in [0.1, 0.15) is 0 Å². The topological polar surface area (TPSA) is 75.3 Å². The first-order valence-corrected chi connectivity index (χ1v) is 9.27. The number of carbonyl (C=O) groups excluding carboxylic acids is 1. The Kier molecular flexibility index (Phi) is 5.58. The van der Waals surface area contributed by atoms with E-state index in [0.29, 0.717) is 11.3 Å². The van der Waals surface area contributed by atoms with Crippen molar-refractivity contribution in [3.8, 4) is 0 Å². The number of aryl methyl sites for hydroxylation is 1. The molecule has 1 fully saturated rings. The Morgan fingerprint density at radius 3 is 2.36 bits per heavy atom. The summed E-state index contributed by atoms with van der Waals surface area (Å²) >= 11 is 0. The zero-order chi connectivity index (χ0) is 16.2. The van der Waals surface area contributed by atoms with E-state index in [0.717, 1.165) is 25.7 Å². The van der Waals surface area contributed by atoms with Crippen LogP contribution in [0.5, 0.6) is 0 Å². The molecule has 0 atom stereocenters. The van der Waals surface area contributed by atoms with Gasteiger partial charge in [-0.25, -0.2) is 13.1 Å². The van der Waals surface area contributed by atoms with Crippen molar-refractivity contribution in [2.24, 2.45) is 0 Å². The summed E-state index contributed by atoms with van der Waals surface area (Å²) in [4.78, 5) is 11.4. The number of amides is 1. The quantitative estimate of drug-likeness (QED) is 0.836. The van der Waals surface area contributed by atoms with Gasteiger partial charge >= 0.3 is 0 Å². The van der Waals surface area contributed by atoms with Gasteiger partial charge in [0.2, 0.25) is 15.9 Å². The van der Waals surface area contributed by atoms with Crippen LogP contribution in [0.2, 0.25) is 0 Å². The zero-order valence-electron chi connectivity index (χ0n) is 13.2. The fourth-order valence-electron chi connectivity index (χ4n) is 2.85. The molecule has 0 radical (unpaired) electrons. The van der Waals surface area contributed by atoms with Crippen LogP contribution >= 0.6 is 0 Å². The molecule has 1 amide bonds. The van der Waals surface area contributed by atoms with E-state index in [2.05, 4.69) is 10.0 Å². The molecule has 22 heavy (non-hydrogen) atoms. The Morgan fingerprint density at radius 2 is 1.77 bits per heavy atom. The molecule has 1 aliphatic carbocycles. The van der Waals surface area contributed by atoms with Crippen molar-refractivity contribution < 1.29 is 13.2 Å². The number of hydrogen-bond donors (Lipinski definition) is 2. The van der Waals surface area contributed by atoms with Crippen LogP contribution < -0.4 is 10.0 Å². The number of nitrogens with one attached hydrogen (secondary N) is 2. The number of anilines is 1. The minimum absolute atomic E-state index is 0.0105. The highest BCUT2D eigenvalue weighted by atomic mass is 32.2. The number of sulfonamides is 1. The number of hydrogen-bond acceptors (Lipinski definition) is 3. The summed E-state index contributed by atoms with van der Waals surface area (Å²) in [5, 5.41) is 2.63. The first-order valence-electron chi connectivity index (χ1n) is 7.79. The van der Waals surface area contributed by atoms with Crippen molar-refractivity contribution in [2.75, 3.05) is 5.32 Å². The molecule has 1 aromatic carbocycles. The van der Waals surface area contributed by atoms with E-state index < -0.39 is 10.0 Å². The molecule has 0 unspecified atom stereocenters. The van der Waals surface area contributed by atoms with Crippen LogP contribution in [0.25, 0.3) is 0 Å². The summed E-state index contributed by atoms with van der Waals surface area (Å²) in [6.45, 7) is 3.16. The molecule has 1 aromatic rings. The van der Waals surface area contributed by atoms with Gasteiger partial charge in [0.05, 0.1) is 4.90 Å². The molecule has 122 valence electrons. The average Bonchev–Trinajstić information content (AvgIpc) is 2.68. The van der Waals surface area contributed by atoms with Crippen molar-refractivity contribution in [1.29, 1.82) is 0 Å². The third-order valence-electron chi connectivity index (χ3n) is 3.98. The normalized spacial score (nSPS) is 17.0. The van der Waals surface area contributed by atoms with Gasteiger partial charge in [-0.05, 0) is 37.5 Å². The molecular formula is C16H24N2O3S. The molecule has 0 spiro atoms. The second kappa shape index (κ2) is 7.24. The Balaban J connectivity index is 2.22. The predicted octanol–water partition coefficient (Wildman–Crippen LogP) is 2.95. The predicted molar refractivity (Wildman–Crippen MR) is 87.3 cm³/mol. The maximum atomic E-state index is 12.6. The molecule has 0 aromatic heterocycles. The summed E-state index contributed by atoms with van der Waals surface area (Å²) in [6, 6.07) is 4.96. The fraction of sp³-hybridized carbons (Fsp3) is 0.562. The summed E-state index contributed by atoms with van der Waals surface area (Å²) in [5.41, 5.74) is 1.18. The first-order chi connectivity index (χ1) is 10.4. The Morgan fingerprint density at radius 1 is 1.14 bits per heavy atom. The molecule has 1 saturated carbocycles. The van der Waals surface area contributed by atoms with Gasteiger partial charge in [0.25, 0.3) is 0 Å². The van der Waals surface area contributed by atoms with Gasteiger partial charge in [0, 0.05) is 18.7 Å². The number of carbonyl (C=O) groups is 1. The minimum atomic E-state index is -3.57. The maximum Gasteiger partial charge on any atom is 0.241 e. The fourth-order valence-corrected chi connectivity index (χ4v) is 4.43. The van der Waals surface area contributed by atoms with Crippen LogP contribution in [0, 0.1) is 6.92 Å². The molecule has 0 saturated heterocycles. The van der Waals surface area contributed by atoms with Gasteiger partial charge in [-0.2, -0.15) is 0 Å². The lowest BCUT2D eigenvalue weighted by Crippen LogP contribution is -2.34. The highest BCUT2D eigenvalue weighted by Crippen LogP contribution is 2.23. The number of benzene rings is 1. The van der Waals surface area contributed by atoms with E-state index in [1.807, 2.05) is 0 Å². The highest BCUT2D eigenvalue weighted by molar-refractivity contribution is 7.89. The van der Waals surface area contributed by atoms with Crippen molar-refractivity contribution in [2.45, 2.75) is 63.3 Å². The Hall–Kier alpha value is -1.40. The minimum Gasteiger partial charge on any atom is -0.326 e. The smallest absolute Gasteiger partial charge is 0.241 e. The van der Waals surface area contributed by atoms with Crippen LogP contribution in [0.1, 0.15) is 51.0 Å². The lowest BCUT2D eigenvalue weighted by atomic mass is 10.1. The van der Waals surface area contributed by atoms with Gasteiger partial charge in [0.15, 0.2) is 0 Å². The maximum absolute atomic E-state index is 12.6. The van der Waals surface area contributed by atoms with E-state index in [-0.39, 0.29) is 16.8 Å². The summed E-state index contributed by atoms with van der Waals surface area (Å²) in [6.07, 6.45) is 6.27. The van der Waals surface area contributed by atoms with Crippen LogP contribution in [-0.2, 0) is 14.8 Å². The molecule has 0 bridgehead atoms. The highest BCUT2D eigenvalue weighted by Gasteiger charge is 2.23. The zero-order valence-corrected chi connectivity index (χ0v) is 14.0. The molecule has 0 aliphatic heterocycles. The average molecular weight is 324 g/mol. The molecular weight excluding hydrogens is 300 g/mol. The Labute approximate surface area is 132 Å². The SMILES string of the molecule is CC(=O)Nc1ccc(C)c(S(=O)(=O)NC2CCCCCC2)c1. The van der Waals surface area contributed by atoms with Crippen molar-refractivity contribution in [3.63, 3.8) is 0 Å². The first kappa shape index (κ1) is 17.0. The van der Waals surface area contributed by atoms with Crippen molar-refractivity contribution >= 4 is 21.6 Å². The van der Waals surface area contributed by atoms with E-state index in [1.165, 1.54) is 25.8 Å². The van der Waals surface area contributed by atoms with Crippen molar-refractivity contribution in [1.82, 2.24) is 4.72 Å². The monoisotopic (exact) mass is 324 g/mol. The lowest BCUT2D eigenvalue weighted by molar-refractivity contribution is -0.114. The van der Waals surface area contributed by atoms with Crippen molar-refractivity contribution in [3.05, 3.63) is 23.8 Å². The molecule has 2 N–H and O–H groups in total. The Bertz CT molecular complexity index is 633. The standard InChI is InChI=1S/C16H24N2O3S/c1-12-9-10-15(17-13(2)19)11-16(12)22(20,21)18-14-7-5-3-4-6-8-14/h9-11,14,18H,3-8H2,1-2H3,(H,17,19). The van der Waals surface area contributed by atoms with Gasteiger partial charge in [-0.3, -0.25) is 4.79 Å². The van der Waals surface area contributed by atoms with Gasteiger partial charge < -0.3 is 5.32 Å². The van der Waals surface area contributed by atoms with Crippen LogP contribution in [0.4, 0.5) is 5.69 Å². The van der Waals surface area contributed by atoms with E-state index in [9.17, 15) is 13.2 Å².